The Kier molecular flexibility index (Phi) is 4.86. The quantitative estimate of drug-likeness (QED) is 0.825. The highest BCUT2D eigenvalue weighted by Gasteiger charge is 2.26. The van der Waals surface area contributed by atoms with Crippen molar-refractivity contribution in [2.75, 3.05) is 20.2 Å². The normalized spacial score (nSPS) is 17.7. The molecule has 128 valence electrons. The first-order chi connectivity index (χ1) is 11.5. The van der Waals surface area contributed by atoms with Crippen LogP contribution in [0.25, 0.3) is 11.1 Å². The summed E-state index contributed by atoms with van der Waals surface area (Å²) in [6.07, 6.45) is 3.71. The Morgan fingerprint density at radius 3 is 2.79 bits per heavy atom. The van der Waals surface area contributed by atoms with Crippen molar-refractivity contribution in [3.63, 3.8) is 0 Å². The number of hydrogen-bond donors (Lipinski definition) is 0. The van der Waals surface area contributed by atoms with Gasteiger partial charge >= 0.3 is 0 Å². The Morgan fingerprint density at radius 1 is 1.25 bits per heavy atom. The van der Waals surface area contributed by atoms with Crippen LogP contribution in [0.2, 0.25) is 0 Å². The summed E-state index contributed by atoms with van der Waals surface area (Å²) in [5.41, 5.74) is 2.95. The van der Waals surface area contributed by atoms with Gasteiger partial charge in [-0.25, -0.2) is 9.37 Å². The van der Waals surface area contributed by atoms with Gasteiger partial charge in [0.25, 0.3) is 0 Å². The summed E-state index contributed by atoms with van der Waals surface area (Å²) in [5, 5.41) is 0. The average molecular weight is 328 g/mol. The van der Waals surface area contributed by atoms with E-state index >= 15 is 0 Å². The molecule has 0 unspecified atom stereocenters. The van der Waals surface area contributed by atoms with E-state index in [-0.39, 0.29) is 5.82 Å². The maximum absolute atomic E-state index is 14.3. The van der Waals surface area contributed by atoms with Gasteiger partial charge < -0.3 is 4.74 Å². The van der Waals surface area contributed by atoms with Crippen molar-refractivity contribution < 1.29 is 9.13 Å². The van der Waals surface area contributed by atoms with Crippen LogP contribution in [0.3, 0.4) is 0 Å². The highest BCUT2D eigenvalue weighted by Crippen LogP contribution is 2.32. The Bertz CT molecular complexity index is 715. The number of pyridine rings is 1. The van der Waals surface area contributed by atoms with Gasteiger partial charge in [0.15, 0.2) is 0 Å². The molecule has 0 spiro atoms. The zero-order valence-electron chi connectivity index (χ0n) is 14.7. The van der Waals surface area contributed by atoms with E-state index in [1.807, 2.05) is 18.2 Å². The largest absolute Gasteiger partial charge is 0.481 e. The predicted molar refractivity (Wildman–Crippen MR) is 94.5 cm³/mol. The molecule has 0 amide bonds. The van der Waals surface area contributed by atoms with Gasteiger partial charge in [-0.05, 0) is 35.9 Å². The number of halogens is 1. The molecule has 1 aromatic carbocycles. The minimum absolute atomic E-state index is 0.317. The van der Waals surface area contributed by atoms with E-state index < -0.39 is 0 Å². The van der Waals surface area contributed by atoms with Crippen molar-refractivity contribution in [2.45, 2.75) is 33.2 Å². The Hall–Kier alpha value is -1.94. The molecule has 0 N–H and O–H groups in total. The van der Waals surface area contributed by atoms with Crippen molar-refractivity contribution in [1.82, 2.24) is 9.88 Å². The van der Waals surface area contributed by atoms with E-state index in [0.717, 1.165) is 30.8 Å². The van der Waals surface area contributed by atoms with Crippen LogP contribution < -0.4 is 4.74 Å². The molecule has 24 heavy (non-hydrogen) atoms. The number of nitrogens with zero attached hydrogens (tertiary/aromatic N) is 2. The average Bonchev–Trinajstić information content (AvgIpc) is 2.55. The molecule has 0 aliphatic carbocycles. The zero-order valence-corrected chi connectivity index (χ0v) is 14.7. The lowest BCUT2D eigenvalue weighted by Crippen LogP contribution is -2.39. The number of benzene rings is 1. The SMILES string of the molecule is COc1cc(-c2ccccc2CN2CCCC(C)(C)C2)c(F)cn1. The maximum Gasteiger partial charge on any atom is 0.213 e. The standard InChI is InChI=1S/C20H25FN2O/c1-20(2)9-6-10-23(14-20)13-15-7-4-5-8-16(15)17-11-19(24-3)22-12-18(17)21/h4-5,7-8,11-12H,6,9-10,13-14H2,1-3H3. The topological polar surface area (TPSA) is 25.4 Å². The zero-order chi connectivity index (χ0) is 17.2. The summed E-state index contributed by atoms with van der Waals surface area (Å²) in [6, 6.07) is 9.70. The molecule has 1 fully saturated rings. The fraction of sp³-hybridized carbons (Fsp3) is 0.450. The lowest BCUT2D eigenvalue weighted by molar-refractivity contribution is 0.112. The van der Waals surface area contributed by atoms with Gasteiger partial charge in [0, 0.05) is 24.7 Å². The number of piperidine rings is 1. The van der Waals surface area contributed by atoms with Gasteiger partial charge in [-0.3, -0.25) is 4.90 Å². The molecule has 1 aromatic heterocycles. The smallest absolute Gasteiger partial charge is 0.213 e. The van der Waals surface area contributed by atoms with Gasteiger partial charge in [0.2, 0.25) is 5.88 Å². The molecule has 0 saturated carbocycles. The number of likely N-dealkylation sites (tertiary alicyclic amines) is 1. The van der Waals surface area contributed by atoms with E-state index in [4.69, 9.17) is 4.74 Å². The molecular formula is C20H25FN2O. The van der Waals surface area contributed by atoms with Gasteiger partial charge in [-0.1, -0.05) is 38.1 Å². The minimum Gasteiger partial charge on any atom is -0.481 e. The first-order valence-electron chi connectivity index (χ1n) is 8.49. The van der Waals surface area contributed by atoms with Gasteiger partial charge in [-0.15, -0.1) is 0 Å². The first-order valence-corrected chi connectivity index (χ1v) is 8.49. The van der Waals surface area contributed by atoms with E-state index in [1.54, 1.807) is 13.2 Å². The summed E-state index contributed by atoms with van der Waals surface area (Å²) >= 11 is 0. The van der Waals surface area contributed by atoms with E-state index in [1.165, 1.54) is 19.0 Å². The third-order valence-corrected chi connectivity index (χ3v) is 4.72. The molecule has 0 radical (unpaired) electrons. The summed E-state index contributed by atoms with van der Waals surface area (Å²) in [5.74, 6) is 0.113. The number of hydrogen-bond acceptors (Lipinski definition) is 3. The molecule has 2 heterocycles. The number of aromatic nitrogens is 1. The van der Waals surface area contributed by atoms with E-state index in [9.17, 15) is 4.39 Å². The van der Waals surface area contributed by atoms with E-state index in [2.05, 4.69) is 29.8 Å². The monoisotopic (exact) mass is 328 g/mol. The highest BCUT2D eigenvalue weighted by atomic mass is 19.1. The second kappa shape index (κ2) is 6.89. The van der Waals surface area contributed by atoms with Crippen LogP contribution in [0.1, 0.15) is 32.3 Å². The number of rotatable bonds is 4. The fourth-order valence-corrected chi connectivity index (χ4v) is 3.58. The molecule has 4 heteroatoms. The number of methoxy groups -OCH3 is 1. The van der Waals surface area contributed by atoms with Crippen molar-refractivity contribution >= 4 is 0 Å². The van der Waals surface area contributed by atoms with Crippen LogP contribution in [-0.2, 0) is 6.54 Å². The summed E-state index contributed by atoms with van der Waals surface area (Å²) in [7, 11) is 1.55. The van der Waals surface area contributed by atoms with E-state index in [0.29, 0.717) is 16.9 Å². The predicted octanol–water partition coefficient (Wildman–Crippen LogP) is 4.52. The Morgan fingerprint density at radius 2 is 2.04 bits per heavy atom. The molecule has 1 aliphatic heterocycles. The second-order valence-corrected chi connectivity index (χ2v) is 7.34. The Labute approximate surface area is 143 Å². The molecule has 3 rings (SSSR count). The first kappa shape index (κ1) is 16.9. The lowest BCUT2D eigenvalue weighted by Gasteiger charge is -2.38. The molecular weight excluding hydrogens is 303 g/mol. The van der Waals surface area contributed by atoms with Crippen LogP contribution in [0, 0.1) is 11.2 Å². The highest BCUT2D eigenvalue weighted by molar-refractivity contribution is 5.68. The summed E-state index contributed by atoms with van der Waals surface area (Å²) in [4.78, 5) is 6.41. The third kappa shape index (κ3) is 3.75. The number of ether oxygens (including phenoxy) is 1. The van der Waals surface area contributed by atoms with Crippen molar-refractivity contribution in [3.8, 4) is 17.0 Å². The molecule has 2 aromatic rings. The van der Waals surface area contributed by atoms with Crippen LogP contribution >= 0.6 is 0 Å². The van der Waals surface area contributed by atoms with Crippen molar-refractivity contribution in [2.24, 2.45) is 5.41 Å². The summed E-state index contributed by atoms with van der Waals surface area (Å²) < 4.78 is 19.5. The van der Waals surface area contributed by atoms with Crippen molar-refractivity contribution in [1.29, 1.82) is 0 Å². The molecule has 1 saturated heterocycles. The lowest BCUT2D eigenvalue weighted by atomic mass is 9.84. The van der Waals surface area contributed by atoms with Crippen LogP contribution in [0.15, 0.2) is 36.5 Å². The molecule has 3 nitrogen and oxygen atoms in total. The van der Waals surface area contributed by atoms with Gasteiger partial charge in [0.05, 0.1) is 13.3 Å². The second-order valence-electron chi connectivity index (χ2n) is 7.34. The maximum atomic E-state index is 14.3. The van der Waals surface area contributed by atoms with Gasteiger partial charge in [-0.2, -0.15) is 0 Å². The molecule has 0 bridgehead atoms. The van der Waals surface area contributed by atoms with Crippen LogP contribution in [0.5, 0.6) is 5.88 Å². The fourth-order valence-electron chi connectivity index (χ4n) is 3.58. The molecule has 1 aliphatic rings. The molecule has 0 atom stereocenters. The Balaban J connectivity index is 1.91. The minimum atomic E-state index is -0.317. The third-order valence-electron chi connectivity index (χ3n) is 4.72. The summed E-state index contributed by atoms with van der Waals surface area (Å²) in [6.45, 7) is 7.64. The van der Waals surface area contributed by atoms with Crippen LogP contribution in [0.4, 0.5) is 4.39 Å². The van der Waals surface area contributed by atoms with Gasteiger partial charge in [0.1, 0.15) is 5.82 Å². The van der Waals surface area contributed by atoms with Crippen LogP contribution in [-0.4, -0.2) is 30.1 Å². The van der Waals surface area contributed by atoms with Crippen molar-refractivity contribution in [3.05, 3.63) is 47.9 Å².